The van der Waals surface area contributed by atoms with Crippen molar-refractivity contribution in [2.24, 2.45) is 0 Å². The van der Waals surface area contributed by atoms with E-state index in [-0.39, 0.29) is 41.4 Å². The molecule has 190 valence electrons. The van der Waals surface area contributed by atoms with Crippen LogP contribution in [0.2, 0.25) is 5.02 Å². The van der Waals surface area contributed by atoms with Gasteiger partial charge in [0.15, 0.2) is 12.0 Å². The summed E-state index contributed by atoms with van der Waals surface area (Å²) >= 11 is 7.05. The van der Waals surface area contributed by atoms with Crippen molar-refractivity contribution in [1.82, 2.24) is 14.9 Å². The second kappa shape index (κ2) is 11.0. The van der Waals surface area contributed by atoms with Crippen LogP contribution in [0.3, 0.4) is 0 Å². The van der Waals surface area contributed by atoms with E-state index in [1.165, 1.54) is 12.1 Å². The van der Waals surface area contributed by atoms with E-state index in [0.29, 0.717) is 27.9 Å². The van der Waals surface area contributed by atoms with E-state index < -0.39 is 12.3 Å². The number of ether oxygens (including phenoxy) is 1. The molecule has 0 amide bonds. The fourth-order valence-corrected chi connectivity index (χ4v) is 4.77. The highest BCUT2D eigenvalue weighted by Gasteiger charge is 2.36. The quantitative estimate of drug-likeness (QED) is 0.248. The predicted molar refractivity (Wildman–Crippen MR) is 141 cm³/mol. The zero-order valence-corrected chi connectivity index (χ0v) is 21.6. The molecule has 1 aliphatic heterocycles. The third-order valence-electron chi connectivity index (χ3n) is 5.81. The molecule has 1 aliphatic rings. The van der Waals surface area contributed by atoms with Crippen molar-refractivity contribution in [3.05, 3.63) is 58.9 Å². The largest absolute Gasteiger partial charge is 0.469 e. The van der Waals surface area contributed by atoms with Gasteiger partial charge in [-0.2, -0.15) is 4.98 Å². The molecule has 0 aliphatic carbocycles. The highest BCUT2D eigenvalue weighted by Crippen LogP contribution is 2.31. The first kappa shape index (κ1) is 26.1. The molecule has 4 rings (SSSR count). The van der Waals surface area contributed by atoms with Gasteiger partial charge in [-0.25, -0.2) is 13.8 Å². The lowest BCUT2D eigenvalue weighted by Crippen LogP contribution is -2.31. The van der Waals surface area contributed by atoms with Gasteiger partial charge in [0.1, 0.15) is 17.7 Å². The molecule has 1 aromatic heterocycles. The number of halogens is 3. The summed E-state index contributed by atoms with van der Waals surface area (Å²) < 4.78 is 37.7. The highest BCUT2D eigenvalue weighted by molar-refractivity contribution is 8.00. The first-order valence-electron chi connectivity index (χ1n) is 11.4. The number of nitrogens with zero attached hydrogens (tertiary/aromatic N) is 3. The van der Waals surface area contributed by atoms with Crippen LogP contribution in [0.25, 0.3) is 11.4 Å². The summed E-state index contributed by atoms with van der Waals surface area (Å²) in [5.74, 6) is 0.103. The fourth-order valence-electron chi connectivity index (χ4n) is 3.82. The van der Waals surface area contributed by atoms with Crippen LogP contribution in [-0.4, -0.2) is 52.0 Å². The summed E-state index contributed by atoms with van der Waals surface area (Å²) in [6.45, 7) is 6.27. The monoisotopic (exact) mass is 532 g/mol. The lowest BCUT2D eigenvalue weighted by Gasteiger charge is -2.20. The predicted octanol–water partition coefficient (Wildman–Crippen LogP) is 5.83. The first-order valence-corrected chi connectivity index (χ1v) is 12.6. The molecule has 0 bridgehead atoms. The van der Waals surface area contributed by atoms with E-state index in [1.54, 1.807) is 37.3 Å². The van der Waals surface area contributed by atoms with Crippen LogP contribution in [0.4, 0.5) is 20.3 Å². The summed E-state index contributed by atoms with van der Waals surface area (Å²) in [7, 11) is 0. The minimum Gasteiger partial charge on any atom is -0.469 e. The minimum atomic E-state index is -1.18. The van der Waals surface area contributed by atoms with E-state index >= 15 is 0 Å². The van der Waals surface area contributed by atoms with Gasteiger partial charge in [0.25, 0.3) is 0 Å². The Bertz CT molecular complexity index is 1260. The molecule has 3 aromatic rings. The maximum atomic E-state index is 14.7. The molecule has 0 saturated carbocycles. The lowest BCUT2D eigenvalue weighted by atomic mass is 10.1. The minimum absolute atomic E-state index is 0.0887. The number of nitrogens with two attached hydrogens (primary N) is 1. The van der Waals surface area contributed by atoms with Crippen molar-refractivity contribution in [3.63, 3.8) is 0 Å². The van der Waals surface area contributed by atoms with E-state index in [0.717, 1.165) is 17.6 Å². The standard InChI is InChI=1S/C25H27ClF2N6OS/c1-13(2)34-11-19(28)20(12-34)35-25-22(14(3)29)23(30)31-24(32-25)15-4-7-17(8-5-15)33-36-21-10-16(26)6-9-18(21)27/h4-10,13,19-20,29,33H,11-12H2,1-3H3,(H2,30,31,32). The zero-order chi connectivity index (χ0) is 26.0. The Labute approximate surface area is 218 Å². The third-order valence-corrected chi connectivity index (χ3v) is 6.92. The number of nitrogen functional groups attached to an aromatic ring is 1. The number of anilines is 2. The van der Waals surface area contributed by atoms with Gasteiger partial charge in [-0.1, -0.05) is 11.6 Å². The van der Waals surface area contributed by atoms with Crippen LogP contribution in [0, 0.1) is 11.2 Å². The Morgan fingerprint density at radius 2 is 1.94 bits per heavy atom. The number of benzene rings is 2. The molecule has 2 unspecified atom stereocenters. The molecule has 1 saturated heterocycles. The fraction of sp³-hybridized carbons (Fsp3) is 0.320. The molecular formula is C25H27ClF2N6OS. The number of likely N-dealkylation sites (tertiary alicyclic amines) is 1. The number of hydrogen-bond donors (Lipinski definition) is 3. The van der Waals surface area contributed by atoms with Crippen LogP contribution in [-0.2, 0) is 0 Å². The van der Waals surface area contributed by atoms with Gasteiger partial charge in [-0.3, -0.25) is 4.90 Å². The van der Waals surface area contributed by atoms with Crippen molar-refractivity contribution in [2.75, 3.05) is 23.5 Å². The Morgan fingerprint density at radius 3 is 2.58 bits per heavy atom. The van der Waals surface area contributed by atoms with Gasteiger partial charge in [0, 0.05) is 41.1 Å². The first-order chi connectivity index (χ1) is 17.1. The van der Waals surface area contributed by atoms with Crippen LogP contribution in [0.5, 0.6) is 5.88 Å². The average Bonchev–Trinajstić information content (AvgIpc) is 3.20. The van der Waals surface area contributed by atoms with Gasteiger partial charge >= 0.3 is 0 Å². The van der Waals surface area contributed by atoms with Crippen molar-refractivity contribution >= 4 is 40.8 Å². The van der Waals surface area contributed by atoms with Crippen molar-refractivity contribution in [1.29, 1.82) is 5.41 Å². The summed E-state index contributed by atoms with van der Waals surface area (Å²) in [5, 5.41) is 8.55. The molecule has 0 radical (unpaired) electrons. The molecule has 4 N–H and O–H groups in total. The SMILES string of the molecule is CC(=N)c1c(N)nc(-c2ccc(NSc3cc(Cl)ccc3F)cc2)nc1OC1CN(C(C)C)CC1F. The second-order valence-electron chi connectivity index (χ2n) is 8.81. The van der Waals surface area contributed by atoms with E-state index in [9.17, 15) is 8.78 Å². The summed E-state index contributed by atoms with van der Waals surface area (Å²) in [5.41, 5.74) is 7.94. The van der Waals surface area contributed by atoms with Crippen molar-refractivity contribution in [2.45, 2.75) is 44.0 Å². The van der Waals surface area contributed by atoms with Gasteiger partial charge in [-0.15, -0.1) is 0 Å². The normalized spacial score (nSPS) is 18.0. The van der Waals surface area contributed by atoms with Crippen molar-refractivity contribution < 1.29 is 13.5 Å². The average molecular weight is 533 g/mol. The van der Waals surface area contributed by atoms with Gasteiger partial charge < -0.3 is 20.6 Å². The Hall–Kier alpha value is -2.95. The molecular weight excluding hydrogens is 506 g/mol. The molecule has 2 aromatic carbocycles. The van der Waals surface area contributed by atoms with E-state index in [1.807, 2.05) is 18.7 Å². The number of alkyl halides is 1. The molecule has 7 nitrogen and oxygen atoms in total. The maximum Gasteiger partial charge on any atom is 0.228 e. The molecule has 1 fully saturated rings. The molecule has 11 heteroatoms. The van der Waals surface area contributed by atoms with Crippen LogP contribution in [0.1, 0.15) is 26.3 Å². The number of rotatable bonds is 8. The van der Waals surface area contributed by atoms with Crippen LogP contribution >= 0.6 is 23.5 Å². The Kier molecular flexibility index (Phi) is 7.97. The summed E-state index contributed by atoms with van der Waals surface area (Å²) in [6.07, 6.45) is -1.90. The summed E-state index contributed by atoms with van der Waals surface area (Å²) in [6, 6.07) is 11.7. The lowest BCUT2D eigenvalue weighted by molar-refractivity contribution is 0.132. The summed E-state index contributed by atoms with van der Waals surface area (Å²) in [4.78, 5) is 11.2. The molecule has 2 atom stereocenters. The van der Waals surface area contributed by atoms with Gasteiger partial charge in [-0.05, 0) is 75.2 Å². The van der Waals surface area contributed by atoms with Crippen LogP contribution < -0.4 is 15.2 Å². The van der Waals surface area contributed by atoms with E-state index in [4.69, 9.17) is 27.5 Å². The number of aromatic nitrogens is 2. The third kappa shape index (κ3) is 5.88. The Morgan fingerprint density at radius 1 is 1.22 bits per heavy atom. The Balaban J connectivity index is 1.55. The molecule has 36 heavy (non-hydrogen) atoms. The van der Waals surface area contributed by atoms with E-state index in [2.05, 4.69) is 14.7 Å². The number of nitrogens with one attached hydrogen (secondary N) is 2. The number of hydrogen-bond acceptors (Lipinski definition) is 8. The smallest absolute Gasteiger partial charge is 0.228 e. The molecule has 0 spiro atoms. The van der Waals surface area contributed by atoms with Crippen LogP contribution in [0.15, 0.2) is 47.4 Å². The highest BCUT2D eigenvalue weighted by atomic mass is 35.5. The maximum absolute atomic E-state index is 14.7. The second-order valence-corrected chi connectivity index (χ2v) is 10.1. The van der Waals surface area contributed by atoms with Gasteiger partial charge in [0.2, 0.25) is 5.88 Å². The molecule has 2 heterocycles. The zero-order valence-electron chi connectivity index (χ0n) is 20.1. The topological polar surface area (TPSA) is 100 Å². The van der Waals surface area contributed by atoms with Gasteiger partial charge in [0.05, 0.1) is 10.5 Å². The van der Waals surface area contributed by atoms with Crippen molar-refractivity contribution in [3.8, 4) is 17.3 Å².